The zero-order valence-corrected chi connectivity index (χ0v) is 19.9. The van der Waals surface area contributed by atoms with Crippen molar-refractivity contribution in [3.8, 4) is 0 Å². The molecule has 0 aliphatic heterocycles. The van der Waals surface area contributed by atoms with Crippen molar-refractivity contribution in [1.82, 2.24) is 21.3 Å². The largest absolute Gasteiger partial charge is 0.345 e. The predicted molar refractivity (Wildman–Crippen MR) is 132 cm³/mol. The molecular weight excluding hydrogens is 384 g/mol. The lowest BCUT2D eigenvalue weighted by Gasteiger charge is -2.02. The summed E-state index contributed by atoms with van der Waals surface area (Å²) in [6, 6.07) is 19.3. The summed E-state index contributed by atoms with van der Waals surface area (Å²) < 4.78 is 0. The van der Waals surface area contributed by atoms with E-state index in [4.69, 9.17) is 0 Å². The van der Waals surface area contributed by atoms with Crippen LogP contribution >= 0.6 is 0 Å². The van der Waals surface area contributed by atoms with Gasteiger partial charge in [-0.1, -0.05) is 60.2 Å². The summed E-state index contributed by atoms with van der Waals surface area (Å²) in [6.45, 7) is 14.6. The first-order valence-electron chi connectivity index (χ1n) is 11.4. The van der Waals surface area contributed by atoms with Crippen molar-refractivity contribution in [2.45, 2.75) is 41.0 Å². The summed E-state index contributed by atoms with van der Waals surface area (Å²) in [7, 11) is 0. The van der Waals surface area contributed by atoms with Crippen molar-refractivity contribution in [3.05, 3.63) is 71.3 Å². The highest BCUT2D eigenvalue weighted by molar-refractivity contribution is 5.74. The topological polar surface area (TPSA) is 76.1 Å². The zero-order chi connectivity index (χ0) is 22.7. The molecule has 0 aromatic heterocycles. The molecule has 0 saturated carbocycles. The smallest absolute Gasteiger partial charge is 0.278 e. The Morgan fingerprint density at radius 2 is 1.03 bits per heavy atom. The standard InChI is InChI=1S/C14H14.C11H26N6/c1-12-7-9-14(10-8-12)11-13-5-3-2-4-6-13;1-5-12-10(13-6-2)16-9-17-11(14-7-3)15-8-4/h2-10H,11H2,1H3;5-9H2,1-4H3,(H2,12,13,16)(H2,14,15,17)/p+2. The van der Waals surface area contributed by atoms with Crippen molar-refractivity contribution in [2.75, 3.05) is 32.8 Å². The van der Waals surface area contributed by atoms with Gasteiger partial charge in [0.2, 0.25) is 0 Å². The van der Waals surface area contributed by atoms with Crippen LogP contribution in [0.1, 0.15) is 44.4 Å². The molecule has 0 aliphatic rings. The lowest BCUT2D eigenvalue weighted by molar-refractivity contribution is -0.683. The molecule has 0 amide bonds. The second kappa shape index (κ2) is 16.7. The minimum atomic E-state index is 0.657. The molecule has 0 aliphatic carbocycles. The van der Waals surface area contributed by atoms with E-state index in [9.17, 15) is 0 Å². The molecule has 2 aromatic rings. The van der Waals surface area contributed by atoms with E-state index in [0.717, 1.165) is 44.5 Å². The maximum absolute atomic E-state index is 3.25. The Morgan fingerprint density at radius 3 is 1.45 bits per heavy atom. The summed E-state index contributed by atoms with van der Waals surface area (Å²) in [5, 5.41) is 12.9. The highest BCUT2D eigenvalue weighted by Crippen LogP contribution is 2.09. The summed E-state index contributed by atoms with van der Waals surface area (Å²) in [4.78, 5) is 6.50. The Morgan fingerprint density at radius 1 is 0.613 bits per heavy atom. The minimum absolute atomic E-state index is 0.657. The van der Waals surface area contributed by atoms with Crippen LogP contribution in [0.25, 0.3) is 0 Å². The molecule has 2 aromatic carbocycles. The second-order valence-electron chi connectivity index (χ2n) is 7.05. The monoisotopic (exact) mass is 426 g/mol. The van der Waals surface area contributed by atoms with Gasteiger partial charge in [0.1, 0.15) is 0 Å². The van der Waals surface area contributed by atoms with Crippen LogP contribution in [-0.4, -0.2) is 44.8 Å². The van der Waals surface area contributed by atoms with Crippen LogP contribution in [0.2, 0.25) is 0 Å². The highest BCUT2D eigenvalue weighted by Gasteiger charge is 2.03. The van der Waals surface area contributed by atoms with Crippen LogP contribution in [0, 0.1) is 6.92 Å². The number of hydrogen-bond donors (Lipinski definition) is 6. The van der Waals surface area contributed by atoms with Crippen LogP contribution in [0.4, 0.5) is 0 Å². The summed E-state index contributed by atoms with van der Waals surface area (Å²) in [6.07, 6.45) is 1.03. The Labute approximate surface area is 188 Å². The first kappa shape index (κ1) is 26.0. The fourth-order valence-corrected chi connectivity index (χ4v) is 2.84. The van der Waals surface area contributed by atoms with Crippen molar-refractivity contribution in [3.63, 3.8) is 0 Å². The molecule has 31 heavy (non-hydrogen) atoms. The first-order valence-corrected chi connectivity index (χ1v) is 11.4. The Bertz CT molecular complexity index is 713. The number of aryl methyl sites for hydroxylation is 1. The Kier molecular flexibility index (Phi) is 14.1. The lowest BCUT2D eigenvalue weighted by Crippen LogP contribution is -2.98. The maximum Gasteiger partial charge on any atom is 0.345 e. The average Bonchev–Trinajstić information content (AvgIpc) is 2.77. The Hall–Kier alpha value is -3.02. The van der Waals surface area contributed by atoms with Gasteiger partial charge in [-0.2, -0.15) is 0 Å². The predicted octanol–water partition coefficient (Wildman–Crippen LogP) is -0.159. The van der Waals surface area contributed by atoms with Crippen LogP contribution in [0.15, 0.2) is 54.6 Å². The molecule has 0 fully saturated rings. The molecule has 0 unspecified atom stereocenters. The zero-order valence-electron chi connectivity index (χ0n) is 19.9. The average molecular weight is 427 g/mol. The Balaban J connectivity index is 0.000000314. The molecule has 170 valence electrons. The first-order chi connectivity index (χ1) is 15.1. The van der Waals surface area contributed by atoms with Gasteiger partial charge >= 0.3 is 11.9 Å². The number of guanidine groups is 2. The van der Waals surface area contributed by atoms with Gasteiger partial charge in [-0.25, -0.2) is 9.98 Å². The van der Waals surface area contributed by atoms with E-state index in [1.165, 1.54) is 16.7 Å². The quantitative estimate of drug-likeness (QED) is 0.202. The molecule has 6 heteroatoms. The highest BCUT2D eigenvalue weighted by atomic mass is 15.2. The molecule has 0 heterocycles. The SMILES string of the molecule is CCNC(NCC)=[NH+]C[NH+]=C(NCC)NCC.Cc1ccc(Cc2ccccc2)cc1. The van der Waals surface area contributed by atoms with Crippen molar-refractivity contribution >= 4 is 11.9 Å². The van der Waals surface area contributed by atoms with Gasteiger partial charge in [0.15, 0.2) is 6.67 Å². The molecule has 2 rings (SSSR count). The van der Waals surface area contributed by atoms with E-state index < -0.39 is 0 Å². The molecule has 6 nitrogen and oxygen atoms in total. The normalized spacial score (nSPS) is 9.58. The fourth-order valence-electron chi connectivity index (χ4n) is 2.84. The van der Waals surface area contributed by atoms with Crippen molar-refractivity contribution in [2.24, 2.45) is 0 Å². The van der Waals surface area contributed by atoms with E-state index in [2.05, 4.69) is 120 Å². The van der Waals surface area contributed by atoms with Crippen LogP contribution in [0.3, 0.4) is 0 Å². The molecule has 0 atom stereocenters. The number of nitrogens with one attached hydrogen (secondary N) is 6. The summed E-state index contributed by atoms with van der Waals surface area (Å²) >= 11 is 0. The van der Waals surface area contributed by atoms with Crippen LogP contribution in [-0.2, 0) is 6.42 Å². The van der Waals surface area contributed by atoms with Gasteiger partial charge < -0.3 is 0 Å². The molecular formula is C25H42N6+2. The second-order valence-corrected chi connectivity index (χ2v) is 7.05. The fraction of sp³-hybridized carbons (Fsp3) is 0.440. The van der Waals surface area contributed by atoms with E-state index >= 15 is 0 Å². The molecule has 0 bridgehead atoms. The van der Waals surface area contributed by atoms with Gasteiger partial charge in [0.25, 0.3) is 0 Å². The molecule has 0 saturated heterocycles. The van der Waals surface area contributed by atoms with Gasteiger partial charge in [0.05, 0.1) is 26.2 Å². The van der Waals surface area contributed by atoms with Crippen LogP contribution < -0.4 is 31.3 Å². The maximum atomic E-state index is 3.25. The summed E-state index contributed by atoms with van der Waals surface area (Å²) in [5.74, 6) is 1.91. The van der Waals surface area contributed by atoms with Crippen molar-refractivity contribution in [1.29, 1.82) is 0 Å². The van der Waals surface area contributed by atoms with Gasteiger partial charge in [-0.15, -0.1) is 0 Å². The summed E-state index contributed by atoms with van der Waals surface area (Å²) in [5.41, 5.74) is 4.07. The van der Waals surface area contributed by atoms with E-state index in [-0.39, 0.29) is 0 Å². The minimum Gasteiger partial charge on any atom is -0.278 e. The number of benzene rings is 2. The number of hydrogen-bond acceptors (Lipinski definition) is 0. The molecule has 0 spiro atoms. The lowest BCUT2D eigenvalue weighted by atomic mass is 10.0. The third kappa shape index (κ3) is 12.3. The third-order valence-corrected chi connectivity index (χ3v) is 4.32. The van der Waals surface area contributed by atoms with Gasteiger partial charge in [-0.05, 0) is 52.2 Å². The molecule has 6 N–H and O–H groups in total. The third-order valence-electron chi connectivity index (χ3n) is 4.32. The number of rotatable bonds is 8. The van der Waals surface area contributed by atoms with Crippen LogP contribution in [0.5, 0.6) is 0 Å². The van der Waals surface area contributed by atoms with E-state index in [0.29, 0.717) is 6.67 Å². The van der Waals surface area contributed by atoms with E-state index in [1.54, 1.807) is 0 Å². The van der Waals surface area contributed by atoms with Gasteiger partial charge in [-0.3, -0.25) is 21.3 Å². The van der Waals surface area contributed by atoms with Gasteiger partial charge in [0, 0.05) is 0 Å². The van der Waals surface area contributed by atoms with Crippen molar-refractivity contribution < 1.29 is 9.98 Å². The molecule has 0 radical (unpaired) electrons. The van der Waals surface area contributed by atoms with E-state index in [1.807, 2.05) is 0 Å².